The molecular weight excluding hydrogens is 372 g/mol. The first-order valence-corrected chi connectivity index (χ1v) is 11.1. The Bertz CT molecular complexity index is 733. The van der Waals surface area contributed by atoms with Crippen LogP contribution in [0.5, 0.6) is 0 Å². The quantitative estimate of drug-likeness (QED) is 0.365. The summed E-state index contributed by atoms with van der Waals surface area (Å²) in [4.78, 5) is 11.2. The lowest BCUT2D eigenvalue weighted by Crippen LogP contribution is -2.13. The van der Waals surface area contributed by atoms with E-state index in [1.165, 1.54) is 5.57 Å². The van der Waals surface area contributed by atoms with E-state index in [2.05, 4.69) is 61.7 Å². The average Bonchev–Trinajstić information content (AvgIpc) is 3.20. The van der Waals surface area contributed by atoms with Crippen LogP contribution in [0, 0.1) is 0 Å². The van der Waals surface area contributed by atoms with E-state index in [0.29, 0.717) is 12.5 Å². The predicted molar refractivity (Wildman–Crippen MR) is 127 cm³/mol. The minimum absolute atomic E-state index is 0.0800. The zero-order chi connectivity index (χ0) is 22.2. The number of hydrogen-bond donors (Lipinski definition) is 1. The fourth-order valence-corrected chi connectivity index (χ4v) is 2.95. The summed E-state index contributed by atoms with van der Waals surface area (Å²) < 4.78 is 5.39. The van der Waals surface area contributed by atoms with Gasteiger partial charge in [0.2, 0.25) is 0 Å². The van der Waals surface area contributed by atoms with Gasteiger partial charge in [-0.25, -0.2) is 0 Å². The van der Waals surface area contributed by atoms with Crippen molar-refractivity contribution in [1.29, 1.82) is 0 Å². The maximum atomic E-state index is 11.2. The molecule has 4 nitrogen and oxygen atoms in total. The monoisotopic (exact) mass is 410 g/mol. The van der Waals surface area contributed by atoms with Gasteiger partial charge >= 0.3 is 5.97 Å². The molecule has 0 aromatic heterocycles. The second kappa shape index (κ2) is 15.3. The van der Waals surface area contributed by atoms with Crippen LogP contribution in [-0.2, 0) is 9.53 Å². The zero-order valence-corrected chi connectivity index (χ0v) is 19.2. The lowest BCUT2D eigenvalue weighted by Gasteiger charge is -2.17. The largest absolute Gasteiger partial charge is 0.457 e. The summed E-state index contributed by atoms with van der Waals surface area (Å²) in [5.41, 5.74) is 6.53. The average molecular weight is 411 g/mol. The second-order valence-electron chi connectivity index (χ2n) is 7.28. The lowest BCUT2D eigenvalue weighted by molar-refractivity contribution is -0.149. The van der Waals surface area contributed by atoms with E-state index >= 15 is 0 Å². The lowest BCUT2D eigenvalue weighted by atomic mass is 10.0. The van der Waals surface area contributed by atoms with Crippen LogP contribution >= 0.6 is 0 Å². The van der Waals surface area contributed by atoms with Crippen LogP contribution in [0.4, 0.5) is 0 Å². The van der Waals surface area contributed by atoms with Gasteiger partial charge in [0, 0.05) is 18.9 Å². The Hall–Kier alpha value is -2.62. The Kier molecular flexibility index (Phi) is 12.9. The molecule has 1 aliphatic heterocycles. The van der Waals surface area contributed by atoms with Crippen molar-refractivity contribution in [2.45, 2.75) is 78.9 Å². The maximum absolute atomic E-state index is 11.2. The van der Waals surface area contributed by atoms with Crippen molar-refractivity contribution in [2.24, 2.45) is 5.10 Å². The van der Waals surface area contributed by atoms with E-state index in [0.717, 1.165) is 37.0 Å². The molecule has 0 amide bonds. The molecule has 0 aliphatic carbocycles. The van der Waals surface area contributed by atoms with Crippen LogP contribution in [-0.4, -0.2) is 17.7 Å². The number of benzene rings is 1. The molecule has 0 radical (unpaired) electrons. The number of nitrogens with one attached hydrogen (secondary N) is 1. The van der Waals surface area contributed by atoms with Crippen LogP contribution in [0.25, 0.3) is 0 Å². The number of hydrogen-bond acceptors (Lipinski definition) is 4. The fourth-order valence-electron chi connectivity index (χ4n) is 2.95. The van der Waals surface area contributed by atoms with Gasteiger partial charge in [-0.3, -0.25) is 4.79 Å². The highest BCUT2D eigenvalue weighted by molar-refractivity contribution is 6.03. The van der Waals surface area contributed by atoms with Crippen LogP contribution in [0.3, 0.4) is 0 Å². The predicted octanol–water partition coefficient (Wildman–Crippen LogP) is 6.67. The molecule has 1 heterocycles. The molecule has 2 atom stereocenters. The van der Waals surface area contributed by atoms with Crippen molar-refractivity contribution < 1.29 is 9.53 Å². The number of allylic oxidation sites excluding steroid dienone is 6. The number of carbonyl (C=O) groups excluding carboxylic acids is 1. The van der Waals surface area contributed by atoms with Gasteiger partial charge in [-0.2, -0.15) is 5.10 Å². The molecule has 0 fully saturated rings. The standard InChI is InChI=1S/C13H20N2.C13H18O2/c1-4-6-7-9-12(8-5-2)13-10-11(3)14-15-13;1-3-8-12(15-13(14)4-2)11-9-6-5-7-10-11/h5-9,11,14H,4,10H2,1-3H3;5-7,9-10,12H,3-4,8H2,1-2H3/b7-6+,8-5-,12-9+;. The molecule has 1 aromatic rings. The van der Waals surface area contributed by atoms with Gasteiger partial charge in [-0.15, -0.1) is 0 Å². The highest BCUT2D eigenvalue weighted by atomic mass is 16.5. The number of nitrogens with zero attached hydrogens (tertiary/aromatic N) is 1. The van der Waals surface area contributed by atoms with Crippen molar-refractivity contribution in [3.05, 3.63) is 71.8 Å². The van der Waals surface area contributed by atoms with Crippen molar-refractivity contribution >= 4 is 11.7 Å². The fraction of sp³-hybridized carbons (Fsp3) is 0.462. The smallest absolute Gasteiger partial charge is 0.306 e. The van der Waals surface area contributed by atoms with Crippen molar-refractivity contribution in [1.82, 2.24) is 5.43 Å². The maximum Gasteiger partial charge on any atom is 0.306 e. The van der Waals surface area contributed by atoms with Crippen molar-refractivity contribution in [2.75, 3.05) is 0 Å². The highest BCUT2D eigenvalue weighted by Gasteiger charge is 2.15. The molecule has 2 unspecified atom stereocenters. The van der Waals surface area contributed by atoms with Gasteiger partial charge in [0.25, 0.3) is 0 Å². The third-order valence-corrected chi connectivity index (χ3v) is 4.53. The van der Waals surface area contributed by atoms with Gasteiger partial charge in [-0.1, -0.05) is 87.9 Å². The third kappa shape index (κ3) is 9.73. The normalized spacial score (nSPS) is 17.3. The first kappa shape index (κ1) is 25.4. The highest BCUT2D eigenvalue weighted by Crippen LogP contribution is 2.22. The summed E-state index contributed by atoms with van der Waals surface area (Å²) in [6.45, 7) is 10.2. The van der Waals surface area contributed by atoms with Gasteiger partial charge in [0.05, 0.1) is 5.71 Å². The van der Waals surface area contributed by atoms with E-state index in [1.54, 1.807) is 0 Å². The summed E-state index contributed by atoms with van der Waals surface area (Å²) in [7, 11) is 0. The van der Waals surface area contributed by atoms with Gasteiger partial charge in [-0.05, 0) is 37.8 Å². The number of esters is 1. The molecule has 0 bridgehead atoms. The molecule has 1 aromatic carbocycles. The van der Waals surface area contributed by atoms with Crippen LogP contribution in [0.15, 0.2) is 71.4 Å². The van der Waals surface area contributed by atoms with Crippen molar-refractivity contribution in [3.63, 3.8) is 0 Å². The van der Waals surface area contributed by atoms with Gasteiger partial charge in [0.15, 0.2) is 0 Å². The zero-order valence-electron chi connectivity index (χ0n) is 19.2. The molecule has 0 saturated heterocycles. The summed E-state index contributed by atoms with van der Waals surface area (Å²) in [5, 5.41) is 4.33. The molecule has 30 heavy (non-hydrogen) atoms. The minimum atomic E-state index is -0.127. The third-order valence-electron chi connectivity index (χ3n) is 4.53. The number of hydrazone groups is 1. The molecule has 1 N–H and O–H groups in total. The topological polar surface area (TPSA) is 50.7 Å². The number of carbonyl (C=O) groups is 1. The second-order valence-corrected chi connectivity index (χ2v) is 7.28. The van der Waals surface area contributed by atoms with Crippen molar-refractivity contribution in [3.8, 4) is 0 Å². The molecule has 164 valence electrons. The summed E-state index contributed by atoms with van der Waals surface area (Å²) in [5.74, 6) is -0.127. The Balaban J connectivity index is 0.000000300. The Morgan fingerprint density at radius 3 is 2.53 bits per heavy atom. The summed E-state index contributed by atoms with van der Waals surface area (Å²) in [6, 6.07) is 10.4. The molecule has 0 spiro atoms. The molecule has 2 rings (SSSR count). The molecule has 0 saturated carbocycles. The van der Waals surface area contributed by atoms with Gasteiger partial charge < -0.3 is 10.2 Å². The SMILES string of the molecule is CCCC(OC(=O)CC)c1ccccc1.C\C=C/C(=C\C=C\CC)C1=NNC(C)C1. The number of ether oxygens (including phenoxy) is 1. The van der Waals surface area contributed by atoms with E-state index in [9.17, 15) is 4.79 Å². The molecular formula is C26H38N2O2. The van der Waals surface area contributed by atoms with Gasteiger partial charge in [0.1, 0.15) is 6.10 Å². The van der Waals surface area contributed by atoms with Crippen LogP contribution in [0.2, 0.25) is 0 Å². The Morgan fingerprint density at radius 1 is 1.27 bits per heavy atom. The first-order valence-electron chi connectivity index (χ1n) is 11.1. The summed E-state index contributed by atoms with van der Waals surface area (Å²) >= 11 is 0. The van der Waals surface area contributed by atoms with E-state index < -0.39 is 0 Å². The Morgan fingerprint density at radius 2 is 2.00 bits per heavy atom. The van der Waals surface area contributed by atoms with E-state index in [4.69, 9.17) is 4.74 Å². The molecule has 4 heteroatoms. The molecule has 1 aliphatic rings. The Labute approximate surface area is 182 Å². The minimum Gasteiger partial charge on any atom is -0.457 e. The number of rotatable bonds is 9. The summed E-state index contributed by atoms with van der Waals surface area (Å²) in [6.07, 6.45) is 14.9. The van der Waals surface area contributed by atoms with Crippen LogP contribution < -0.4 is 5.43 Å². The first-order chi connectivity index (χ1) is 14.5. The van der Waals surface area contributed by atoms with E-state index in [-0.39, 0.29) is 12.1 Å². The van der Waals surface area contributed by atoms with Crippen LogP contribution in [0.1, 0.15) is 78.4 Å². The van der Waals surface area contributed by atoms with E-state index in [1.807, 2.05) is 44.2 Å².